The summed E-state index contributed by atoms with van der Waals surface area (Å²) in [4.78, 5) is 13.2. The van der Waals surface area contributed by atoms with Crippen LogP contribution in [0.5, 0.6) is 0 Å². The second-order valence-corrected chi connectivity index (χ2v) is 5.33. The number of nitro benzene ring substituents is 1. The first-order valence-corrected chi connectivity index (χ1v) is 7.47. The van der Waals surface area contributed by atoms with Gasteiger partial charge in [-0.1, -0.05) is 24.3 Å². The van der Waals surface area contributed by atoms with E-state index in [1.54, 1.807) is 23.2 Å². The molecule has 0 spiro atoms. The molecule has 0 saturated carbocycles. The lowest BCUT2D eigenvalue weighted by atomic mass is 10.1. The number of hydrogen-bond donors (Lipinski definition) is 0. The molecular weight excluding hydrogens is 286 g/mol. The van der Waals surface area contributed by atoms with E-state index in [0.29, 0.717) is 18.9 Å². The summed E-state index contributed by atoms with van der Waals surface area (Å²) in [7, 11) is 0. The summed E-state index contributed by atoms with van der Waals surface area (Å²) in [5, 5.41) is 21.5. The predicted molar refractivity (Wildman–Crippen MR) is 80.7 cm³/mol. The number of rotatable bonds is 4. The first-order valence-electron chi connectivity index (χ1n) is 7.47. The summed E-state index contributed by atoms with van der Waals surface area (Å²) in [6.07, 6.45) is 0.748. The van der Waals surface area contributed by atoms with Gasteiger partial charge in [0.25, 0.3) is 5.69 Å². The third kappa shape index (κ3) is 2.67. The van der Waals surface area contributed by atoms with Crippen molar-refractivity contribution in [3.05, 3.63) is 34.4 Å². The lowest BCUT2D eigenvalue weighted by Crippen LogP contribution is -2.53. The monoisotopic (exact) mass is 305 g/mol. The van der Waals surface area contributed by atoms with Gasteiger partial charge in [0.05, 0.1) is 18.1 Å². The zero-order valence-corrected chi connectivity index (χ0v) is 12.5. The molecule has 1 saturated heterocycles. The minimum absolute atomic E-state index is 0.0120. The van der Waals surface area contributed by atoms with E-state index in [9.17, 15) is 10.1 Å². The number of nitro groups is 1. The van der Waals surface area contributed by atoms with Crippen molar-refractivity contribution in [3.8, 4) is 0 Å². The average Bonchev–Trinajstić information content (AvgIpc) is 2.99. The molecule has 1 aromatic carbocycles. The highest BCUT2D eigenvalue weighted by molar-refractivity contribution is 5.63. The van der Waals surface area contributed by atoms with Gasteiger partial charge in [0.2, 0.25) is 0 Å². The largest absolute Gasteiger partial charge is 0.379 e. The lowest BCUT2D eigenvalue weighted by molar-refractivity contribution is -0.384. The van der Waals surface area contributed by atoms with E-state index in [0.717, 1.165) is 19.5 Å². The highest BCUT2D eigenvalue weighted by atomic mass is 16.6. The molecule has 3 rings (SSSR count). The summed E-state index contributed by atoms with van der Waals surface area (Å²) < 4.78 is 5.40. The van der Waals surface area contributed by atoms with Gasteiger partial charge in [-0.05, 0) is 12.5 Å². The van der Waals surface area contributed by atoms with Gasteiger partial charge in [-0.15, -0.1) is 0 Å². The molecule has 0 N–H and O–H groups in total. The van der Waals surface area contributed by atoms with Crippen LogP contribution in [-0.4, -0.2) is 48.3 Å². The van der Waals surface area contributed by atoms with Crippen LogP contribution in [0.3, 0.4) is 0 Å². The van der Waals surface area contributed by atoms with Crippen LogP contribution in [-0.2, 0) is 4.74 Å². The second kappa shape index (κ2) is 6.37. The minimum Gasteiger partial charge on any atom is -0.379 e. The van der Waals surface area contributed by atoms with Gasteiger partial charge >= 0.3 is 0 Å². The molecule has 0 radical (unpaired) electrons. The van der Waals surface area contributed by atoms with Crippen LogP contribution in [0.4, 0.5) is 11.4 Å². The number of benzene rings is 1. The maximum atomic E-state index is 11.3. The molecule has 8 heteroatoms. The first kappa shape index (κ1) is 14.9. The Balaban J connectivity index is 1.94. The molecule has 0 aliphatic carbocycles. The molecule has 2 atom stereocenters. The van der Waals surface area contributed by atoms with Crippen LogP contribution in [0.15, 0.2) is 34.6 Å². The molecule has 0 bridgehead atoms. The van der Waals surface area contributed by atoms with E-state index >= 15 is 0 Å². The van der Waals surface area contributed by atoms with Gasteiger partial charge in [-0.2, -0.15) is 5.11 Å². The summed E-state index contributed by atoms with van der Waals surface area (Å²) in [5.74, 6) is 0. The van der Waals surface area contributed by atoms with Gasteiger partial charge in [0.15, 0.2) is 0 Å². The Morgan fingerprint density at radius 1 is 1.36 bits per heavy atom. The zero-order valence-electron chi connectivity index (χ0n) is 12.5. The van der Waals surface area contributed by atoms with Crippen molar-refractivity contribution in [1.82, 2.24) is 4.90 Å². The zero-order chi connectivity index (χ0) is 15.5. The van der Waals surface area contributed by atoms with E-state index < -0.39 is 0 Å². The topological polar surface area (TPSA) is 83.6 Å². The maximum Gasteiger partial charge on any atom is 0.294 e. The highest BCUT2D eigenvalue weighted by Crippen LogP contribution is 2.35. The number of ether oxygens (including phenoxy) is 1. The standard InChI is InChI=1S/C14H19N5O3/c1-2-11-14(17-7-9-22-10-8-17)18(16-15-11)12-5-3-4-6-13(12)19(20)21/h3-6,11,14H,2,7-10H2,1H3. The third-order valence-electron chi connectivity index (χ3n) is 4.05. The lowest BCUT2D eigenvalue weighted by Gasteiger charge is -2.37. The Morgan fingerprint density at radius 2 is 2.09 bits per heavy atom. The van der Waals surface area contributed by atoms with Crippen LogP contribution in [0.1, 0.15) is 13.3 Å². The number of morpholine rings is 1. The van der Waals surface area contributed by atoms with Crippen molar-refractivity contribution in [2.75, 3.05) is 31.3 Å². The van der Waals surface area contributed by atoms with Crippen molar-refractivity contribution < 1.29 is 9.66 Å². The van der Waals surface area contributed by atoms with Gasteiger partial charge in [0.1, 0.15) is 17.9 Å². The summed E-state index contributed by atoms with van der Waals surface area (Å²) in [6, 6.07) is 6.69. The number of hydrogen-bond acceptors (Lipinski definition) is 7. The Morgan fingerprint density at radius 3 is 2.77 bits per heavy atom. The Hall–Kier alpha value is -2.06. The molecule has 2 heterocycles. The molecule has 0 aromatic heterocycles. The summed E-state index contributed by atoms with van der Waals surface area (Å²) >= 11 is 0. The molecule has 8 nitrogen and oxygen atoms in total. The van der Waals surface area contributed by atoms with Gasteiger partial charge in [-0.3, -0.25) is 15.0 Å². The van der Waals surface area contributed by atoms with E-state index in [2.05, 4.69) is 22.2 Å². The molecule has 0 amide bonds. The quantitative estimate of drug-likeness (QED) is 0.629. The van der Waals surface area contributed by atoms with Crippen LogP contribution in [0.25, 0.3) is 0 Å². The van der Waals surface area contributed by atoms with Gasteiger partial charge in [-0.25, -0.2) is 5.01 Å². The molecular formula is C14H19N5O3. The predicted octanol–water partition coefficient (Wildman–Crippen LogP) is 2.22. The normalized spacial score (nSPS) is 25.6. The van der Waals surface area contributed by atoms with Crippen LogP contribution >= 0.6 is 0 Å². The average molecular weight is 305 g/mol. The van der Waals surface area contributed by atoms with E-state index in [-0.39, 0.29) is 22.8 Å². The first-order chi connectivity index (χ1) is 10.7. The highest BCUT2D eigenvalue weighted by Gasteiger charge is 2.40. The Kier molecular flexibility index (Phi) is 4.30. The summed E-state index contributed by atoms with van der Waals surface area (Å²) in [6.45, 7) is 4.95. The third-order valence-corrected chi connectivity index (χ3v) is 4.05. The minimum atomic E-state index is -0.375. The fourth-order valence-corrected chi connectivity index (χ4v) is 2.93. The Labute approximate surface area is 128 Å². The second-order valence-electron chi connectivity index (χ2n) is 5.33. The van der Waals surface area contributed by atoms with Crippen molar-refractivity contribution in [2.45, 2.75) is 25.6 Å². The van der Waals surface area contributed by atoms with Gasteiger partial charge in [0, 0.05) is 19.2 Å². The maximum absolute atomic E-state index is 11.3. The number of nitrogens with zero attached hydrogens (tertiary/aromatic N) is 5. The van der Waals surface area contributed by atoms with Crippen molar-refractivity contribution in [2.24, 2.45) is 10.3 Å². The molecule has 2 unspecified atom stereocenters. The molecule has 2 aliphatic heterocycles. The Bertz CT molecular complexity index is 573. The van der Waals surface area contributed by atoms with E-state index in [1.807, 2.05) is 0 Å². The van der Waals surface area contributed by atoms with Crippen molar-refractivity contribution in [1.29, 1.82) is 0 Å². The van der Waals surface area contributed by atoms with E-state index in [1.165, 1.54) is 6.07 Å². The fourth-order valence-electron chi connectivity index (χ4n) is 2.93. The fraction of sp³-hybridized carbons (Fsp3) is 0.571. The smallest absolute Gasteiger partial charge is 0.294 e. The molecule has 118 valence electrons. The summed E-state index contributed by atoms with van der Waals surface area (Å²) in [5.41, 5.74) is 0.542. The van der Waals surface area contributed by atoms with Crippen molar-refractivity contribution >= 4 is 11.4 Å². The van der Waals surface area contributed by atoms with Crippen molar-refractivity contribution in [3.63, 3.8) is 0 Å². The molecule has 1 aromatic rings. The van der Waals surface area contributed by atoms with Crippen LogP contribution in [0, 0.1) is 10.1 Å². The van der Waals surface area contributed by atoms with Crippen LogP contribution in [0.2, 0.25) is 0 Å². The SMILES string of the molecule is CCC1N=NN(c2ccccc2[N+](=O)[O-])C1N1CCOCC1. The van der Waals surface area contributed by atoms with Gasteiger partial charge < -0.3 is 4.74 Å². The number of para-hydroxylation sites is 2. The van der Waals surface area contributed by atoms with E-state index in [4.69, 9.17) is 4.74 Å². The molecule has 22 heavy (non-hydrogen) atoms. The molecule has 1 fully saturated rings. The van der Waals surface area contributed by atoms with Crippen LogP contribution < -0.4 is 5.01 Å². The number of anilines is 1. The molecule has 2 aliphatic rings.